The highest BCUT2D eigenvalue weighted by Crippen LogP contribution is 2.39. The van der Waals surface area contributed by atoms with Crippen LogP contribution in [0.3, 0.4) is 0 Å². The van der Waals surface area contributed by atoms with Crippen molar-refractivity contribution >= 4 is 0 Å². The van der Waals surface area contributed by atoms with Gasteiger partial charge in [-0.1, -0.05) is 30.3 Å². The first-order valence-electron chi connectivity index (χ1n) is 8.09. The number of rotatable bonds is 4. The Morgan fingerprint density at radius 2 is 1.70 bits per heavy atom. The van der Waals surface area contributed by atoms with E-state index in [1.165, 1.54) is 16.7 Å². The third-order valence-electron chi connectivity index (χ3n) is 4.50. The molecule has 3 nitrogen and oxygen atoms in total. The summed E-state index contributed by atoms with van der Waals surface area (Å²) >= 11 is 0. The quantitative estimate of drug-likeness (QED) is 0.928. The lowest BCUT2D eigenvalue weighted by atomic mass is 9.81. The fourth-order valence-corrected chi connectivity index (χ4v) is 3.50. The molecule has 0 aliphatic carbocycles. The summed E-state index contributed by atoms with van der Waals surface area (Å²) in [6.45, 7) is 4.51. The van der Waals surface area contributed by atoms with E-state index in [1.54, 1.807) is 14.2 Å². The van der Waals surface area contributed by atoms with Gasteiger partial charge in [0.2, 0.25) is 0 Å². The molecule has 0 unspecified atom stereocenters. The maximum Gasteiger partial charge on any atom is 0.161 e. The second kappa shape index (κ2) is 6.25. The van der Waals surface area contributed by atoms with Crippen molar-refractivity contribution in [2.45, 2.75) is 38.3 Å². The molecule has 0 bridgehead atoms. The van der Waals surface area contributed by atoms with Crippen molar-refractivity contribution in [1.82, 2.24) is 5.32 Å². The summed E-state index contributed by atoms with van der Waals surface area (Å²) in [6, 6.07) is 15.2. The zero-order valence-corrected chi connectivity index (χ0v) is 14.3. The van der Waals surface area contributed by atoms with E-state index in [1.807, 2.05) is 0 Å². The molecule has 23 heavy (non-hydrogen) atoms. The average Bonchev–Trinajstić information content (AvgIpc) is 2.53. The van der Waals surface area contributed by atoms with Crippen molar-refractivity contribution in [2.75, 3.05) is 14.2 Å². The van der Waals surface area contributed by atoms with Crippen LogP contribution < -0.4 is 14.8 Å². The van der Waals surface area contributed by atoms with Crippen molar-refractivity contribution in [3.63, 3.8) is 0 Å². The van der Waals surface area contributed by atoms with Gasteiger partial charge in [-0.25, -0.2) is 0 Å². The number of ether oxygens (including phenoxy) is 2. The van der Waals surface area contributed by atoms with Crippen LogP contribution in [0.1, 0.15) is 36.6 Å². The molecule has 0 spiro atoms. The molecule has 0 amide bonds. The topological polar surface area (TPSA) is 30.5 Å². The van der Waals surface area contributed by atoms with Gasteiger partial charge in [0, 0.05) is 11.6 Å². The van der Waals surface area contributed by atoms with Crippen molar-refractivity contribution in [1.29, 1.82) is 0 Å². The maximum atomic E-state index is 5.50. The molecule has 3 heteroatoms. The fraction of sp³-hybridized carbons (Fsp3) is 0.400. The lowest BCUT2D eigenvalue weighted by Gasteiger charge is -2.39. The Morgan fingerprint density at radius 3 is 2.35 bits per heavy atom. The lowest BCUT2D eigenvalue weighted by Crippen LogP contribution is -2.48. The van der Waals surface area contributed by atoms with Crippen LogP contribution in [0.15, 0.2) is 42.5 Å². The van der Waals surface area contributed by atoms with Crippen LogP contribution in [0.4, 0.5) is 0 Å². The number of fused-ring (bicyclic) bond motifs is 1. The Bertz CT molecular complexity index is 680. The van der Waals surface area contributed by atoms with E-state index >= 15 is 0 Å². The van der Waals surface area contributed by atoms with Crippen molar-refractivity contribution in [3.8, 4) is 11.5 Å². The SMILES string of the molecule is COc1cc2c(cc1OC)[C@@H](Cc1ccccc1)NC(C)(C)C2. The van der Waals surface area contributed by atoms with Crippen molar-refractivity contribution in [2.24, 2.45) is 0 Å². The Labute approximate surface area is 138 Å². The molecule has 0 fully saturated rings. The summed E-state index contributed by atoms with van der Waals surface area (Å²) in [6.07, 6.45) is 1.95. The summed E-state index contributed by atoms with van der Waals surface area (Å²) < 4.78 is 11.0. The van der Waals surface area contributed by atoms with Crippen LogP contribution in [-0.2, 0) is 12.8 Å². The van der Waals surface area contributed by atoms with Crippen LogP contribution in [0.25, 0.3) is 0 Å². The summed E-state index contributed by atoms with van der Waals surface area (Å²) in [7, 11) is 3.38. The molecule has 1 atom stereocenters. The molecule has 0 saturated carbocycles. The Morgan fingerprint density at radius 1 is 1.04 bits per heavy atom. The molecule has 1 heterocycles. The maximum absolute atomic E-state index is 5.50. The third-order valence-corrected chi connectivity index (χ3v) is 4.50. The molecule has 2 aromatic carbocycles. The second-order valence-corrected chi connectivity index (χ2v) is 6.85. The number of nitrogens with one attached hydrogen (secondary N) is 1. The summed E-state index contributed by atoms with van der Waals surface area (Å²) in [5.74, 6) is 1.60. The molecule has 1 aliphatic heterocycles. The van der Waals surface area contributed by atoms with Crippen molar-refractivity contribution in [3.05, 3.63) is 59.2 Å². The number of hydrogen-bond donors (Lipinski definition) is 1. The zero-order valence-electron chi connectivity index (χ0n) is 14.3. The number of benzene rings is 2. The van der Waals surface area contributed by atoms with Gasteiger partial charge in [0.1, 0.15) is 0 Å². The first-order valence-corrected chi connectivity index (χ1v) is 8.09. The molecule has 3 rings (SSSR count). The van der Waals surface area contributed by atoms with Gasteiger partial charge in [-0.2, -0.15) is 0 Å². The van der Waals surface area contributed by atoms with E-state index in [0.717, 1.165) is 24.3 Å². The average molecular weight is 311 g/mol. The molecular formula is C20H25NO2. The Kier molecular flexibility index (Phi) is 4.31. The van der Waals surface area contributed by atoms with E-state index in [0.29, 0.717) is 0 Å². The summed E-state index contributed by atoms with van der Waals surface area (Å²) in [4.78, 5) is 0. The molecule has 0 aromatic heterocycles. The van der Waals surface area contributed by atoms with E-state index in [2.05, 4.69) is 61.6 Å². The zero-order chi connectivity index (χ0) is 16.4. The molecular weight excluding hydrogens is 286 g/mol. The van der Waals surface area contributed by atoms with Crippen molar-refractivity contribution < 1.29 is 9.47 Å². The van der Waals surface area contributed by atoms with Gasteiger partial charge in [0.05, 0.1) is 14.2 Å². The van der Waals surface area contributed by atoms with Crippen LogP contribution in [0, 0.1) is 0 Å². The first kappa shape index (κ1) is 15.9. The largest absolute Gasteiger partial charge is 0.493 e. The third kappa shape index (κ3) is 3.35. The van der Waals surface area contributed by atoms with Crippen LogP contribution >= 0.6 is 0 Å². The normalized spacial score (nSPS) is 19.0. The van der Waals surface area contributed by atoms with Crippen LogP contribution in [-0.4, -0.2) is 19.8 Å². The highest BCUT2D eigenvalue weighted by Gasteiger charge is 2.32. The molecule has 122 valence electrons. The van der Waals surface area contributed by atoms with Gasteiger partial charge in [-0.3, -0.25) is 0 Å². The van der Waals surface area contributed by atoms with Gasteiger partial charge in [-0.05, 0) is 55.5 Å². The minimum absolute atomic E-state index is 0.0616. The van der Waals surface area contributed by atoms with E-state index in [4.69, 9.17) is 9.47 Å². The van der Waals surface area contributed by atoms with E-state index in [-0.39, 0.29) is 11.6 Å². The molecule has 1 aliphatic rings. The highest BCUT2D eigenvalue weighted by atomic mass is 16.5. The predicted octanol–water partition coefficient (Wildman–Crippen LogP) is 3.91. The number of methoxy groups -OCH3 is 2. The van der Waals surface area contributed by atoms with E-state index in [9.17, 15) is 0 Å². The minimum atomic E-state index is 0.0616. The van der Waals surface area contributed by atoms with E-state index < -0.39 is 0 Å². The monoisotopic (exact) mass is 311 g/mol. The summed E-state index contributed by atoms with van der Waals surface area (Å²) in [5, 5.41) is 3.79. The minimum Gasteiger partial charge on any atom is -0.493 e. The van der Waals surface area contributed by atoms with Crippen LogP contribution in [0.5, 0.6) is 11.5 Å². The second-order valence-electron chi connectivity index (χ2n) is 6.85. The molecule has 2 aromatic rings. The van der Waals surface area contributed by atoms with Gasteiger partial charge in [-0.15, -0.1) is 0 Å². The Hall–Kier alpha value is -2.00. The molecule has 0 radical (unpaired) electrons. The van der Waals surface area contributed by atoms with Gasteiger partial charge in [0.25, 0.3) is 0 Å². The standard InChI is InChI=1S/C20H25NO2/c1-20(2)13-15-11-18(22-3)19(23-4)12-16(15)17(21-20)10-14-8-6-5-7-9-14/h5-9,11-12,17,21H,10,13H2,1-4H3/t17-/m1/s1. The van der Waals surface area contributed by atoms with Crippen LogP contribution in [0.2, 0.25) is 0 Å². The Balaban J connectivity index is 2.01. The predicted molar refractivity (Wildman–Crippen MR) is 93.4 cm³/mol. The summed E-state index contributed by atoms with van der Waals surface area (Å²) in [5.41, 5.74) is 4.05. The first-order chi connectivity index (χ1) is 11.0. The lowest BCUT2D eigenvalue weighted by molar-refractivity contribution is 0.303. The molecule has 0 saturated heterocycles. The smallest absolute Gasteiger partial charge is 0.161 e. The highest BCUT2D eigenvalue weighted by molar-refractivity contribution is 5.50. The van der Waals surface area contributed by atoms with Gasteiger partial charge in [0.15, 0.2) is 11.5 Å². The van der Waals surface area contributed by atoms with Gasteiger partial charge < -0.3 is 14.8 Å². The van der Waals surface area contributed by atoms with Gasteiger partial charge >= 0.3 is 0 Å². The fourth-order valence-electron chi connectivity index (χ4n) is 3.50. The molecule has 1 N–H and O–H groups in total. The number of hydrogen-bond acceptors (Lipinski definition) is 3.